The number of nitrogens with zero attached hydrogens (tertiary/aromatic N) is 2. The monoisotopic (exact) mass is 267 g/mol. The van der Waals surface area contributed by atoms with E-state index in [1.807, 2.05) is 12.1 Å². The second-order valence-corrected chi connectivity index (χ2v) is 3.94. The summed E-state index contributed by atoms with van der Waals surface area (Å²) in [7, 11) is 0. The van der Waals surface area contributed by atoms with Crippen molar-refractivity contribution in [2.45, 2.75) is 12.6 Å². The van der Waals surface area contributed by atoms with E-state index in [0.29, 0.717) is 13.0 Å². The number of halogens is 3. The molecule has 3 nitrogen and oxygen atoms in total. The van der Waals surface area contributed by atoms with Crippen LogP contribution in [0, 0.1) is 0 Å². The normalized spacial score (nSPS) is 11.3. The number of pyridine rings is 2. The van der Waals surface area contributed by atoms with Crippen molar-refractivity contribution in [3.8, 4) is 0 Å². The lowest BCUT2D eigenvalue weighted by Crippen LogP contribution is -2.11. The van der Waals surface area contributed by atoms with Crippen LogP contribution in [0.5, 0.6) is 0 Å². The van der Waals surface area contributed by atoms with Gasteiger partial charge in [-0.2, -0.15) is 13.2 Å². The van der Waals surface area contributed by atoms with Gasteiger partial charge in [0.2, 0.25) is 0 Å². The SMILES string of the molecule is FC(F)(F)c1cccc(NCCc2cccnc2)n1. The second kappa shape index (κ2) is 5.69. The summed E-state index contributed by atoms with van der Waals surface area (Å²) in [4.78, 5) is 7.49. The summed E-state index contributed by atoms with van der Waals surface area (Å²) in [6, 6.07) is 7.53. The number of hydrogen-bond donors (Lipinski definition) is 1. The minimum absolute atomic E-state index is 0.221. The van der Waals surface area contributed by atoms with Gasteiger partial charge in [0.15, 0.2) is 0 Å². The highest BCUT2D eigenvalue weighted by molar-refractivity contribution is 5.36. The Hall–Kier alpha value is -2.11. The van der Waals surface area contributed by atoms with Crippen molar-refractivity contribution in [3.63, 3.8) is 0 Å². The lowest BCUT2D eigenvalue weighted by molar-refractivity contribution is -0.141. The fourth-order valence-electron chi connectivity index (χ4n) is 1.57. The molecule has 0 spiro atoms. The third-order valence-electron chi connectivity index (χ3n) is 2.48. The largest absolute Gasteiger partial charge is 0.433 e. The van der Waals surface area contributed by atoms with Gasteiger partial charge in [0, 0.05) is 18.9 Å². The quantitative estimate of drug-likeness (QED) is 0.924. The van der Waals surface area contributed by atoms with E-state index in [0.717, 1.165) is 11.6 Å². The van der Waals surface area contributed by atoms with E-state index >= 15 is 0 Å². The number of hydrogen-bond acceptors (Lipinski definition) is 3. The standard InChI is InChI=1S/C13H12F3N3/c14-13(15,16)11-4-1-5-12(19-11)18-8-6-10-3-2-7-17-9-10/h1-5,7,9H,6,8H2,(H,18,19). The van der Waals surface area contributed by atoms with Crippen LogP contribution in [-0.4, -0.2) is 16.5 Å². The van der Waals surface area contributed by atoms with Gasteiger partial charge in [-0.1, -0.05) is 12.1 Å². The average Bonchev–Trinajstić information content (AvgIpc) is 2.39. The van der Waals surface area contributed by atoms with Crippen molar-refractivity contribution in [3.05, 3.63) is 54.0 Å². The number of anilines is 1. The molecule has 0 aliphatic carbocycles. The first-order valence-corrected chi connectivity index (χ1v) is 5.73. The summed E-state index contributed by atoms with van der Waals surface area (Å²) >= 11 is 0. The molecule has 2 heterocycles. The molecule has 19 heavy (non-hydrogen) atoms. The summed E-state index contributed by atoms with van der Waals surface area (Å²) in [5.41, 5.74) is 0.126. The second-order valence-electron chi connectivity index (χ2n) is 3.94. The molecule has 2 rings (SSSR count). The van der Waals surface area contributed by atoms with Crippen molar-refractivity contribution in [1.82, 2.24) is 9.97 Å². The maximum Gasteiger partial charge on any atom is 0.433 e. The fraction of sp³-hybridized carbons (Fsp3) is 0.231. The van der Waals surface area contributed by atoms with E-state index in [1.54, 1.807) is 12.4 Å². The predicted octanol–water partition coefficient (Wildman–Crippen LogP) is 3.15. The highest BCUT2D eigenvalue weighted by atomic mass is 19.4. The zero-order valence-electron chi connectivity index (χ0n) is 9.98. The van der Waals surface area contributed by atoms with Crippen molar-refractivity contribution in [2.75, 3.05) is 11.9 Å². The molecule has 0 amide bonds. The smallest absolute Gasteiger partial charge is 0.370 e. The van der Waals surface area contributed by atoms with Crippen LogP contribution in [0.2, 0.25) is 0 Å². The van der Waals surface area contributed by atoms with Crippen LogP contribution in [0.3, 0.4) is 0 Å². The summed E-state index contributed by atoms with van der Waals surface area (Å²) in [6.07, 6.45) is -0.348. The molecule has 2 aromatic heterocycles. The molecule has 1 N–H and O–H groups in total. The van der Waals surface area contributed by atoms with Crippen LogP contribution in [0.15, 0.2) is 42.7 Å². The third kappa shape index (κ3) is 3.94. The third-order valence-corrected chi connectivity index (χ3v) is 2.48. The maximum atomic E-state index is 12.5. The van der Waals surface area contributed by atoms with E-state index in [1.165, 1.54) is 12.1 Å². The molecule has 0 saturated carbocycles. The van der Waals surface area contributed by atoms with Crippen molar-refractivity contribution < 1.29 is 13.2 Å². The van der Waals surface area contributed by atoms with Gasteiger partial charge in [0.05, 0.1) is 0 Å². The first-order valence-electron chi connectivity index (χ1n) is 5.73. The number of nitrogens with one attached hydrogen (secondary N) is 1. The molecule has 0 aliphatic heterocycles. The molecular formula is C13H12F3N3. The Bertz CT molecular complexity index is 526. The van der Waals surface area contributed by atoms with E-state index in [2.05, 4.69) is 15.3 Å². The molecule has 0 aromatic carbocycles. The molecule has 2 aromatic rings. The lowest BCUT2D eigenvalue weighted by Gasteiger charge is -2.09. The Morgan fingerprint density at radius 3 is 2.63 bits per heavy atom. The first kappa shape index (κ1) is 13.3. The minimum Gasteiger partial charge on any atom is -0.370 e. The van der Waals surface area contributed by atoms with Gasteiger partial charge in [-0.25, -0.2) is 4.98 Å². The Labute approximate surface area is 108 Å². The van der Waals surface area contributed by atoms with Gasteiger partial charge >= 0.3 is 6.18 Å². The Balaban J connectivity index is 1.93. The van der Waals surface area contributed by atoms with Crippen molar-refractivity contribution >= 4 is 5.82 Å². The number of aromatic nitrogens is 2. The Morgan fingerprint density at radius 2 is 1.95 bits per heavy atom. The number of alkyl halides is 3. The van der Waals surface area contributed by atoms with Crippen molar-refractivity contribution in [2.24, 2.45) is 0 Å². The number of rotatable bonds is 4. The van der Waals surface area contributed by atoms with Crippen molar-refractivity contribution in [1.29, 1.82) is 0 Å². The molecule has 0 saturated heterocycles. The minimum atomic E-state index is -4.42. The molecule has 0 bridgehead atoms. The van der Waals surface area contributed by atoms with Gasteiger partial charge in [0.25, 0.3) is 0 Å². The van der Waals surface area contributed by atoms with E-state index in [-0.39, 0.29) is 5.82 Å². The van der Waals surface area contributed by atoms with Gasteiger partial charge in [0.1, 0.15) is 11.5 Å². The van der Waals surface area contributed by atoms with Crippen LogP contribution in [0.25, 0.3) is 0 Å². The highest BCUT2D eigenvalue weighted by Gasteiger charge is 2.32. The molecule has 0 aliphatic rings. The lowest BCUT2D eigenvalue weighted by atomic mass is 10.2. The zero-order valence-corrected chi connectivity index (χ0v) is 9.98. The molecule has 6 heteroatoms. The molecule has 0 fully saturated rings. The maximum absolute atomic E-state index is 12.5. The summed E-state index contributed by atoms with van der Waals surface area (Å²) in [5.74, 6) is 0.221. The van der Waals surface area contributed by atoms with Crippen LogP contribution in [0.4, 0.5) is 19.0 Å². The van der Waals surface area contributed by atoms with Crippen LogP contribution in [0.1, 0.15) is 11.3 Å². The average molecular weight is 267 g/mol. The summed E-state index contributed by atoms with van der Waals surface area (Å²) in [5, 5.41) is 2.87. The van der Waals surface area contributed by atoms with Crippen LogP contribution < -0.4 is 5.32 Å². The Morgan fingerprint density at radius 1 is 1.11 bits per heavy atom. The zero-order chi connectivity index (χ0) is 13.7. The summed E-state index contributed by atoms with van der Waals surface area (Å²) < 4.78 is 37.4. The van der Waals surface area contributed by atoms with Gasteiger partial charge in [-0.3, -0.25) is 4.98 Å². The predicted molar refractivity (Wildman–Crippen MR) is 65.7 cm³/mol. The van der Waals surface area contributed by atoms with Gasteiger partial charge in [-0.05, 0) is 30.2 Å². The van der Waals surface area contributed by atoms with Gasteiger partial charge in [-0.15, -0.1) is 0 Å². The summed E-state index contributed by atoms with van der Waals surface area (Å²) in [6.45, 7) is 0.500. The molecule has 0 atom stereocenters. The molecular weight excluding hydrogens is 255 g/mol. The fourth-order valence-corrected chi connectivity index (χ4v) is 1.57. The molecule has 0 radical (unpaired) electrons. The van der Waals surface area contributed by atoms with Gasteiger partial charge < -0.3 is 5.32 Å². The molecule has 0 unspecified atom stereocenters. The van der Waals surface area contributed by atoms with E-state index in [9.17, 15) is 13.2 Å². The van der Waals surface area contributed by atoms with E-state index in [4.69, 9.17) is 0 Å². The van der Waals surface area contributed by atoms with Crippen LogP contribution >= 0.6 is 0 Å². The first-order chi connectivity index (χ1) is 9.05. The highest BCUT2D eigenvalue weighted by Crippen LogP contribution is 2.28. The topological polar surface area (TPSA) is 37.8 Å². The Kier molecular flexibility index (Phi) is 3.99. The molecule has 100 valence electrons. The van der Waals surface area contributed by atoms with E-state index < -0.39 is 11.9 Å². The van der Waals surface area contributed by atoms with Crippen LogP contribution in [-0.2, 0) is 12.6 Å².